The number of phosphoric ester groups is 1. The van der Waals surface area contributed by atoms with Gasteiger partial charge in [-0.15, -0.1) is 0 Å². The summed E-state index contributed by atoms with van der Waals surface area (Å²) in [5.74, 6) is -0.130. The standard InChI is InChI=1S/C31H51N2O7P/c1-4-7-8-9-10-11-12-13-14-15-16-17-18-19-28(34)27(32)24-38-41(36,37)40-30-23-31(35)39-29-22-25(20-21-26(29)30)33(5-2)6-3/h18-23,27-28,34H,4-17,24,32H2,1-3H3,(H,36,37)/b19-18+/t27-,28+/m0/s1. The quantitative estimate of drug-likeness (QED) is 0.0565. The van der Waals surface area contributed by atoms with Crippen LogP contribution in [0.2, 0.25) is 0 Å². The van der Waals surface area contributed by atoms with Gasteiger partial charge >= 0.3 is 13.4 Å². The van der Waals surface area contributed by atoms with Crippen LogP contribution in [0.25, 0.3) is 11.0 Å². The van der Waals surface area contributed by atoms with E-state index in [1.54, 1.807) is 18.2 Å². The first-order chi connectivity index (χ1) is 19.7. The number of fused-ring (bicyclic) bond motifs is 1. The smallest absolute Gasteiger partial charge is 0.422 e. The highest BCUT2D eigenvalue weighted by Crippen LogP contribution is 2.45. The lowest BCUT2D eigenvalue weighted by molar-refractivity contribution is 0.131. The molecule has 0 aliphatic heterocycles. The fourth-order valence-corrected chi connectivity index (χ4v) is 5.53. The molecule has 1 heterocycles. The van der Waals surface area contributed by atoms with Crippen LogP contribution in [0.3, 0.4) is 0 Å². The molecule has 0 bridgehead atoms. The van der Waals surface area contributed by atoms with E-state index in [4.69, 9.17) is 19.2 Å². The monoisotopic (exact) mass is 594 g/mol. The Morgan fingerprint density at radius 3 is 2.20 bits per heavy atom. The lowest BCUT2D eigenvalue weighted by Crippen LogP contribution is -2.37. The lowest BCUT2D eigenvalue weighted by atomic mass is 10.0. The molecule has 0 amide bonds. The number of hydrogen-bond donors (Lipinski definition) is 3. The summed E-state index contributed by atoms with van der Waals surface area (Å²) in [6.07, 6.45) is 17.3. The summed E-state index contributed by atoms with van der Waals surface area (Å²) in [5, 5.41) is 10.7. The van der Waals surface area contributed by atoms with Crippen LogP contribution in [0.4, 0.5) is 5.69 Å². The highest BCUT2D eigenvalue weighted by molar-refractivity contribution is 7.47. The van der Waals surface area contributed by atoms with Crippen LogP contribution in [0, 0.1) is 0 Å². The number of aliphatic hydroxyl groups is 1. The molecular weight excluding hydrogens is 543 g/mol. The molecule has 0 saturated carbocycles. The van der Waals surface area contributed by atoms with E-state index in [1.165, 1.54) is 57.8 Å². The SMILES string of the molecule is CCCCCCCCCCCCC/C=C/[C@@H](O)[C@@H](N)COP(=O)(O)Oc1cc(=O)oc2cc(N(CC)CC)ccc12. The van der Waals surface area contributed by atoms with Crippen molar-refractivity contribution in [3.8, 4) is 5.75 Å². The highest BCUT2D eigenvalue weighted by Gasteiger charge is 2.27. The van der Waals surface area contributed by atoms with E-state index in [0.29, 0.717) is 5.39 Å². The predicted octanol–water partition coefficient (Wildman–Crippen LogP) is 7.08. The molecule has 0 aliphatic rings. The summed E-state index contributed by atoms with van der Waals surface area (Å²) in [6, 6.07) is 5.24. The molecule has 2 aromatic rings. The number of rotatable bonds is 22. The molecule has 1 aromatic heterocycles. The normalized spacial score (nSPS) is 14.8. The summed E-state index contributed by atoms with van der Waals surface area (Å²) in [6.45, 7) is 7.39. The molecule has 10 heteroatoms. The minimum Gasteiger partial charge on any atom is -0.422 e. The van der Waals surface area contributed by atoms with Gasteiger partial charge < -0.3 is 24.7 Å². The minimum absolute atomic E-state index is 0.130. The van der Waals surface area contributed by atoms with E-state index in [1.807, 2.05) is 26.0 Å². The van der Waals surface area contributed by atoms with Crippen LogP contribution < -0.4 is 20.8 Å². The van der Waals surface area contributed by atoms with Crippen molar-refractivity contribution >= 4 is 24.5 Å². The molecule has 0 saturated heterocycles. The van der Waals surface area contributed by atoms with Crippen molar-refractivity contribution in [2.24, 2.45) is 5.73 Å². The number of aliphatic hydroxyl groups excluding tert-OH is 1. The maximum Gasteiger partial charge on any atom is 0.527 e. The number of hydrogen-bond acceptors (Lipinski definition) is 8. The molecule has 41 heavy (non-hydrogen) atoms. The second-order valence-corrected chi connectivity index (χ2v) is 11.9. The summed E-state index contributed by atoms with van der Waals surface area (Å²) in [5.41, 5.74) is 6.32. The Balaban J connectivity index is 1.75. The van der Waals surface area contributed by atoms with Gasteiger partial charge in [-0.05, 0) is 38.8 Å². The Morgan fingerprint density at radius 1 is 0.976 bits per heavy atom. The van der Waals surface area contributed by atoms with Gasteiger partial charge in [-0.2, -0.15) is 0 Å². The van der Waals surface area contributed by atoms with Gasteiger partial charge in [-0.25, -0.2) is 9.36 Å². The van der Waals surface area contributed by atoms with Gasteiger partial charge in [-0.1, -0.05) is 83.3 Å². The molecule has 232 valence electrons. The number of anilines is 1. The highest BCUT2D eigenvalue weighted by atomic mass is 31.2. The third kappa shape index (κ3) is 13.1. The Bertz CT molecular complexity index is 1150. The molecule has 2 rings (SSSR count). The molecular formula is C31H51N2O7P. The van der Waals surface area contributed by atoms with Crippen LogP contribution >= 0.6 is 7.82 Å². The number of nitrogens with two attached hydrogens (primary N) is 1. The van der Waals surface area contributed by atoms with Crippen molar-refractivity contribution in [1.82, 2.24) is 0 Å². The van der Waals surface area contributed by atoms with Crippen molar-refractivity contribution < 1.29 is 28.0 Å². The zero-order valence-electron chi connectivity index (χ0n) is 25.1. The summed E-state index contributed by atoms with van der Waals surface area (Å²) in [4.78, 5) is 24.5. The van der Waals surface area contributed by atoms with Crippen LogP contribution in [0.5, 0.6) is 5.75 Å². The van der Waals surface area contributed by atoms with Crippen molar-refractivity contribution in [3.05, 3.63) is 46.8 Å². The second kappa shape index (κ2) is 19.1. The van der Waals surface area contributed by atoms with E-state index in [9.17, 15) is 19.4 Å². The zero-order chi connectivity index (χ0) is 30.1. The van der Waals surface area contributed by atoms with E-state index in [2.05, 4.69) is 11.8 Å². The van der Waals surface area contributed by atoms with Crippen LogP contribution in [-0.2, 0) is 9.09 Å². The Morgan fingerprint density at radius 2 is 1.59 bits per heavy atom. The molecule has 0 fully saturated rings. The third-order valence-electron chi connectivity index (χ3n) is 7.21. The average molecular weight is 595 g/mol. The predicted molar refractivity (Wildman–Crippen MR) is 167 cm³/mol. The van der Waals surface area contributed by atoms with E-state index < -0.39 is 32.2 Å². The maximum absolute atomic E-state index is 12.6. The Labute approximate surface area is 245 Å². The summed E-state index contributed by atoms with van der Waals surface area (Å²) >= 11 is 0. The van der Waals surface area contributed by atoms with Crippen molar-refractivity contribution in [3.63, 3.8) is 0 Å². The lowest BCUT2D eigenvalue weighted by Gasteiger charge is -2.21. The molecule has 0 spiro atoms. The maximum atomic E-state index is 12.6. The zero-order valence-corrected chi connectivity index (χ0v) is 26.0. The van der Waals surface area contributed by atoms with E-state index >= 15 is 0 Å². The third-order valence-corrected chi connectivity index (χ3v) is 8.11. The van der Waals surface area contributed by atoms with E-state index in [-0.39, 0.29) is 11.3 Å². The summed E-state index contributed by atoms with van der Waals surface area (Å²) < 4.78 is 28.2. The van der Waals surface area contributed by atoms with Gasteiger partial charge in [0.1, 0.15) is 11.3 Å². The Kier molecular flexibility index (Phi) is 16.3. The van der Waals surface area contributed by atoms with Gasteiger partial charge in [0, 0.05) is 24.8 Å². The fourth-order valence-electron chi connectivity index (χ4n) is 4.72. The molecule has 1 aromatic carbocycles. The number of unbranched alkanes of at least 4 members (excludes halogenated alkanes) is 11. The molecule has 1 unspecified atom stereocenters. The number of phosphoric acid groups is 1. The van der Waals surface area contributed by atoms with Crippen molar-refractivity contribution in [1.29, 1.82) is 0 Å². The number of benzene rings is 1. The molecule has 4 N–H and O–H groups in total. The number of allylic oxidation sites excluding steroid dienone is 1. The molecule has 0 aliphatic carbocycles. The molecule has 9 nitrogen and oxygen atoms in total. The largest absolute Gasteiger partial charge is 0.527 e. The van der Waals surface area contributed by atoms with Gasteiger partial charge in [-0.3, -0.25) is 9.42 Å². The summed E-state index contributed by atoms with van der Waals surface area (Å²) in [7, 11) is -4.64. The van der Waals surface area contributed by atoms with Gasteiger partial charge in [0.25, 0.3) is 0 Å². The first-order valence-electron chi connectivity index (χ1n) is 15.3. The minimum atomic E-state index is -4.64. The average Bonchev–Trinajstić information content (AvgIpc) is 2.94. The first kappa shape index (κ1) is 35.0. The van der Waals surface area contributed by atoms with Gasteiger partial charge in [0.05, 0.1) is 30.2 Å². The fraction of sp³-hybridized carbons (Fsp3) is 0.645. The molecule has 0 radical (unpaired) electrons. The van der Waals surface area contributed by atoms with Crippen LogP contribution in [0.1, 0.15) is 97.8 Å². The van der Waals surface area contributed by atoms with E-state index in [0.717, 1.165) is 44.1 Å². The molecule has 3 atom stereocenters. The topological polar surface area (TPSA) is 135 Å². The number of nitrogens with zero attached hydrogens (tertiary/aromatic N) is 1. The van der Waals surface area contributed by atoms with Gasteiger partial charge in [0.15, 0.2) is 0 Å². The van der Waals surface area contributed by atoms with Gasteiger partial charge in [0.2, 0.25) is 0 Å². The second-order valence-electron chi connectivity index (χ2n) is 10.5. The van der Waals surface area contributed by atoms with Crippen molar-refractivity contribution in [2.45, 2.75) is 110 Å². The van der Waals surface area contributed by atoms with Crippen LogP contribution in [-0.4, -0.2) is 41.8 Å². The van der Waals surface area contributed by atoms with Crippen LogP contribution in [0.15, 0.2) is 45.6 Å². The first-order valence-corrected chi connectivity index (χ1v) is 16.8. The Hall–Kier alpha value is -2.16. The van der Waals surface area contributed by atoms with Crippen molar-refractivity contribution in [2.75, 3.05) is 24.6 Å².